The molecule has 0 N–H and O–H groups in total. The summed E-state index contributed by atoms with van der Waals surface area (Å²) in [5, 5.41) is 1.05. The van der Waals surface area contributed by atoms with Crippen LogP contribution in [0.3, 0.4) is 0 Å². The summed E-state index contributed by atoms with van der Waals surface area (Å²) in [7, 11) is -2.55. The Labute approximate surface area is 566 Å². The van der Waals surface area contributed by atoms with E-state index >= 15 is 8.78 Å². The van der Waals surface area contributed by atoms with Crippen molar-refractivity contribution in [2.75, 3.05) is 30.9 Å². The molecule has 0 saturated carbocycles. The van der Waals surface area contributed by atoms with Crippen LogP contribution < -0.4 is 0 Å². The molecule has 9 aromatic rings. The number of hydrogen-bond donors (Lipinski definition) is 0. The van der Waals surface area contributed by atoms with Gasteiger partial charge in [-0.2, -0.15) is 0 Å². The number of alkyl halides is 1. The Morgan fingerprint density at radius 2 is 0.548 bits per heavy atom. The second-order valence-corrected chi connectivity index (χ2v) is 28.3. The van der Waals surface area contributed by atoms with Gasteiger partial charge in [0.25, 0.3) is 0 Å². The van der Waals surface area contributed by atoms with Crippen LogP contribution >= 0.6 is 31.8 Å². The predicted octanol–water partition coefficient (Wildman–Crippen LogP) is 26.3. The zero-order valence-electron chi connectivity index (χ0n) is 55.9. The summed E-state index contributed by atoms with van der Waals surface area (Å²) in [5.41, 5.74) is 18.2. The lowest BCUT2D eigenvalue weighted by atomic mass is 9.97. The van der Waals surface area contributed by atoms with E-state index in [1.807, 2.05) is 79.7 Å². The van der Waals surface area contributed by atoms with Gasteiger partial charge in [0.1, 0.15) is 29.8 Å². The molecule has 488 valence electrons. The minimum absolute atomic E-state index is 0.165. The summed E-state index contributed by atoms with van der Waals surface area (Å²) >= 11 is 3.47. The van der Waals surface area contributed by atoms with Crippen molar-refractivity contribution in [2.24, 2.45) is 0 Å². The summed E-state index contributed by atoms with van der Waals surface area (Å²) in [5.74, 6) is -0.577. The summed E-state index contributed by atoms with van der Waals surface area (Å²) in [4.78, 5) is 0. The van der Waals surface area contributed by atoms with E-state index < -0.39 is 15.8 Å². The first-order chi connectivity index (χ1) is 45.4. The number of unbranched alkanes of at least 4 members (excludes halogenated alkanes) is 9. The summed E-state index contributed by atoms with van der Waals surface area (Å²) in [6, 6.07) is 67.0. The molecule has 9 heteroatoms. The van der Waals surface area contributed by atoms with Gasteiger partial charge in [0.15, 0.2) is 6.66 Å². The van der Waals surface area contributed by atoms with Crippen molar-refractivity contribution < 1.29 is 26.8 Å². The number of benzene rings is 9. The zero-order chi connectivity index (χ0) is 66.0. The van der Waals surface area contributed by atoms with Gasteiger partial charge in [0.2, 0.25) is 0 Å². The molecule has 0 aliphatic heterocycles. The van der Waals surface area contributed by atoms with E-state index in [1.54, 1.807) is 24.9 Å². The summed E-state index contributed by atoms with van der Waals surface area (Å²) < 4.78 is 72.7. The largest absolute Gasteiger partial charge is 0.504 e. The minimum atomic E-state index is -1.35. The first kappa shape index (κ1) is 73.8. The van der Waals surface area contributed by atoms with Gasteiger partial charge in [0, 0.05) is 22.0 Å². The molecule has 3 nitrogen and oxygen atoms in total. The highest BCUT2D eigenvalue weighted by Crippen LogP contribution is 2.34. The number of halogens is 4. The maximum absolute atomic E-state index is 15.3. The van der Waals surface area contributed by atoms with E-state index in [9.17, 15) is 13.5 Å². The molecular formula is C84H98BrF3O3P2+2. The molecule has 0 fully saturated rings. The van der Waals surface area contributed by atoms with Crippen molar-refractivity contribution >= 4 is 31.8 Å². The van der Waals surface area contributed by atoms with Crippen LogP contribution in [0.2, 0.25) is 0 Å². The molecule has 9 rings (SSSR count). The molecule has 1 unspecified atom stereocenters. The van der Waals surface area contributed by atoms with Crippen molar-refractivity contribution in [2.45, 2.75) is 163 Å². The van der Waals surface area contributed by atoms with Gasteiger partial charge in [-0.25, -0.2) is 13.2 Å². The normalized spacial score (nSPS) is 11.2. The van der Waals surface area contributed by atoms with E-state index in [4.69, 9.17) is 0 Å². The quantitative estimate of drug-likeness (QED) is 0.0229. The number of hydrogen-bond acceptors (Lipinski definition) is 3. The van der Waals surface area contributed by atoms with Crippen molar-refractivity contribution in [3.63, 3.8) is 0 Å². The Balaban J connectivity index is 0.000000290. The Morgan fingerprint density at radius 1 is 0.312 bits per heavy atom. The van der Waals surface area contributed by atoms with Crippen LogP contribution in [0.5, 0.6) is 0 Å². The molecule has 1 atom stereocenters. The molecule has 0 saturated heterocycles. The average Bonchev–Trinajstić information content (AvgIpc) is 1.07. The smallest absolute Gasteiger partial charge is 0.206 e. The van der Waals surface area contributed by atoms with E-state index in [1.165, 1.54) is 104 Å². The van der Waals surface area contributed by atoms with Gasteiger partial charge in [-0.3, -0.25) is 0 Å². The third kappa shape index (κ3) is 25.2. The summed E-state index contributed by atoms with van der Waals surface area (Å²) in [6.45, 7) is 10.6. The van der Waals surface area contributed by atoms with Crippen molar-refractivity contribution in [3.05, 3.63) is 251 Å². The molecule has 93 heavy (non-hydrogen) atoms. The molecule has 0 aliphatic rings. The van der Waals surface area contributed by atoms with Gasteiger partial charge in [-0.15, -0.1) is 4.52 Å². The Morgan fingerprint density at radius 3 is 0.763 bits per heavy atom. The third-order valence-electron chi connectivity index (χ3n) is 17.2. The van der Waals surface area contributed by atoms with Crippen molar-refractivity contribution in [1.82, 2.24) is 0 Å². The maximum atomic E-state index is 15.3. The highest BCUT2D eigenvalue weighted by molar-refractivity contribution is 9.09. The monoisotopic (exact) mass is 1350 g/mol. The second kappa shape index (κ2) is 41.3. The molecule has 9 aromatic carbocycles. The van der Waals surface area contributed by atoms with Gasteiger partial charge in [0.05, 0.1) is 6.61 Å². The van der Waals surface area contributed by atoms with Crippen molar-refractivity contribution in [1.29, 1.82) is 0 Å². The molecular weight excluding hydrogens is 1260 g/mol. The van der Waals surface area contributed by atoms with Crippen LogP contribution in [0.1, 0.15) is 157 Å². The predicted molar refractivity (Wildman–Crippen MR) is 397 cm³/mol. The lowest BCUT2D eigenvalue weighted by Crippen LogP contribution is -1.92. The highest BCUT2D eigenvalue weighted by atomic mass is 79.9. The van der Waals surface area contributed by atoms with Crippen LogP contribution in [-0.2, 0) is 52.2 Å². The Hall–Kier alpha value is -6.59. The minimum Gasteiger partial charge on any atom is -0.206 e. The van der Waals surface area contributed by atoms with E-state index in [2.05, 4.69) is 150 Å². The second-order valence-electron chi connectivity index (χ2n) is 24.5. The van der Waals surface area contributed by atoms with E-state index in [0.717, 1.165) is 132 Å². The average molecular weight is 1350 g/mol. The summed E-state index contributed by atoms with van der Waals surface area (Å²) in [6.07, 6.45) is 25.0. The van der Waals surface area contributed by atoms with Gasteiger partial charge in [-0.05, 0) is 209 Å². The molecule has 0 heterocycles. The topological polar surface area (TPSA) is 43.4 Å². The standard InChI is InChI=1S/C54H60F2OP.C27H30BrF.C3H8O2P/c1-3-5-7-13-41-17-25-45(26-18-41)49-33-35-51(53(55)39-49)47-29-21-43(22-30-47)15-9-11-37-58(57)38-12-10-16-44-23-31-48(32-24-44)52-36-34-50(40-54(52)56)46-27-19-42(20-28-46)14-8-6-4-2;1-2-3-4-7-21-9-13-23(14-10-21)25-17-18-26(27(29)20-25)24-15-11-22(12-16-24)8-5-6-19-28;1-3-5-6(2)4/h17-36,39-40H,3-16,37-38H2,1-2H3;9-18,20H,2-8,19H2,1H3;3H2,1-2H3/q+1;;+1. The maximum Gasteiger partial charge on any atom is 0.504 e. The molecule has 0 aliphatic carbocycles. The zero-order valence-corrected chi connectivity index (χ0v) is 59.2. The lowest BCUT2D eigenvalue weighted by molar-refractivity contribution is 0.354. The fraction of sp³-hybridized carbons (Fsp3) is 0.357. The molecule has 0 radical (unpaired) electrons. The van der Waals surface area contributed by atoms with Crippen LogP contribution in [0, 0.1) is 17.5 Å². The van der Waals surface area contributed by atoms with Crippen LogP contribution in [0.4, 0.5) is 13.2 Å². The van der Waals surface area contributed by atoms with Crippen LogP contribution in [0.15, 0.2) is 200 Å². The highest BCUT2D eigenvalue weighted by Gasteiger charge is 2.16. The van der Waals surface area contributed by atoms with Gasteiger partial charge >= 0.3 is 15.8 Å². The van der Waals surface area contributed by atoms with Crippen LogP contribution in [0.25, 0.3) is 66.8 Å². The van der Waals surface area contributed by atoms with E-state index in [-0.39, 0.29) is 17.5 Å². The fourth-order valence-corrected chi connectivity index (χ4v) is 13.8. The lowest BCUT2D eigenvalue weighted by Gasteiger charge is -2.09. The Kier molecular flexibility index (Phi) is 32.8. The third-order valence-corrected chi connectivity index (χ3v) is 20.0. The fourth-order valence-electron chi connectivity index (χ4n) is 11.6. The van der Waals surface area contributed by atoms with Crippen LogP contribution in [-0.4, -0.2) is 30.9 Å². The number of rotatable bonds is 34. The Bertz CT molecular complexity index is 3490. The van der Waals surface area contributed by atoms with E-state index in [0.29, 0.717) is 23.3 Å². The molecule has 0 amide bonds. The first-order valence-electron chi connectivity index (χ1n) is 34.3. The molecule has 0 aromatic heterocycles. The SMILES string of the molecule is CCCCCc1ccc(-c2ccc(-c3ccc(CCCCBr)cc3)c(F)c2)cc1.CCCCCc1ccc(-c2ccc(-c3ccc(CCCC[P+](=O)CCCCc4ccc(-c5ccc(-c6ccc(CCCCC)cc6)cc5F)cc4)cc3)c(F)c2)cc1.CCO[P+](C)=O. The molecule has 0 bridgehead atoms. The first-order valence-corrected chi connectivity index (χ1v) is 38.7. The van der Waals surface area contributed by atoms with Crippen molar-refractivity contribution in [3.8, 4) is 66.8 Å². The van der Waals surface area contributed by atoms with Gasteiger partial charge < -0.3 is 0 Å². The molecule has 0 spiro atoms. The number of aryl methyl sites for hydroxylation is 6. The van der Waals surface area contributed by atoms with Gasteiger partial charge in [-0.1, -0.05) is 262 Å².